The summed E-state index contributed by atoms with van der Waals surface area (Å²) in [7, 11) is 1.60. The van der Waals surface area contributed by atoms with Gasteiger partial charge in [0.15, 0.2) is 5.60 Å². The summed E-state index contributed by atoms with van der Waals surface area (Å²) in [4.78, 5) is 10.6. The first-order valence-electron chi connectivity index (χ1n) is 5.12. The van der Waals surface area contributed by atoms with Crippen LogP contribution in [0.1, 0.15) is 26.7 Å². The summed E-state index contributed by atoms with van der Waals surface area (Å²) >= 11 is 0. The van der Waals surface area contributed by atoms with Crippen molar-refractivity contribution in [3.8, 4) is 0 Å². The lowest BCUT2D eigenvalue weighted by atomic mass is 10.1. The predicted octanol–water partition coefficient (Wildman–Crippen LogP) is 0.227. The molecule has 0 radical (unpaired) electrons. The number of carboxylic acids is 1. The van der Waals surface area contributed by atoms with Gasteiger partial charge in [-0.15, -0.1) is 0 Å². The minimum absolute atomic E-state index is 0.0242. The maximum Gasteiger partial charge on any atom is 0.336 e. The molecule has 0 aliphatic heterocycles. The van der Waals surface area contributed by atoms with Gasteiger partial charge in [-0.2, -0.15) is 0 Å². The van der Waals surface area contributed by atoms with E-state index in [0.29, 0.717) is 6.61 Å². The Hall–Kier alpha value is -0.650. The molecule has 0 heterocycles. The van der Waals surface area contributed by atoms with E-state index in [1.807, 2.05) is 6.92 Å². The minimum atomic E-state index is -1.72. The first-order chi connectivity index (χ1) is 6.94. The Morgan fingerprint density at radius 2 is 2.20 bits per heavy atom. The van der Waals surface area contributed by atoms with E-state index in [4.69, 9.17) is 9.84 Å². The fourth-order valence-corrected chi connectivity index (χ4v) is 1.21. The molecule has 0 amide bonds. The number of carboxylic acid groups (broad SMARTS) is 1. The van der Waals surface area contributed by atoms with Crippen molar-refractivity contribution in [3.05, 3.63) is 0 Å². The lowest BCUT2D eigenvalue weighted by Gasteiger charge is -2.23. The predicted molar refractivity (Wildman–Crippen MR) is 56.8 cm³/mol. The van der Waals surface area contributed by atoms with Gasteiger partial charge in [-0.05, 0) is 13.3 Å². The minimum Gasteiger partial charge on any atom is -0.479 e. The average molecular weight is 219 g/mol. The van der Waals surface area contributed by atoms with Crippen LogP contribution in [0.4, 0.5) is 0 Å². The zero-order valence-corrected chi connectivity index (χ0v) is 9.62. The van der Waals surface area contributed by atoms with Gasteiger partial charge in [0.05, 0.1) is 6.61 Å². The van der Waals surface area contributed by atoms with Gasteiger partial charge < -0.3 is 20.3 Å². The third-order valence-electron chi connectivity index (χ3n) is 2.20. The van der Waals surface area contributed by atoms with Crippen molar-refractivity contribution >= 4 is 5.97 Å². The van der Waals surface area contributed by atoms with Gasteiger partial charge in [0.25, 0.3) is 0 Å². The lowest BCUT2D eigenvalue weighted by molar-refractivity contribution is -0.156. The van der Waals surface area contributed by atoms with Crippen molar-refractivity contribution in [3.63, 3.8) is 0 Å². The van der Waals surface area contributed by atoms with Gasteiger partial charge in [-0.3, -0.25) is 0 Å². The van der Waals surface area contributed by atoms with E-state index < -0.39 is 11.6 Å². The maximum absolute atomic E-state index is 10.6. The lowest BCUT2D eigenvalue weighted by Crippen LogP contribution is -2.48. The van der Waals surface area contributed by atoms with Crippen LogP contribution in [-0.4, -0.2) is 48.1 Å². The van der Waals surface area contributed by atoms with Crippen LogP contribution in [0.2, 0.25) is 0 Å². The normalized spacial score (nSPS) is 17.1. The maximum atomic E-state index is 10.6. The summed E-state index contributed by atoms with van der Waals surface area (Å²) in [6.45, 7) is 3.86. The zero-order valence-electron chi connectivity index (χ0n) is 9.62. The molecule has 0 aromatic heterocycles. The molecular weight excluding hydrogens is 198 g/mol. The molecule has 0 aliphatic carbocycles. The first kappa shape index (κ1) is 14.3. The van der Waals surface area contributed by atoms with Crippen LogP contribution in [0.25, 0.3) is 0 Å². The highest BCUT2D eigenvalue weighted by Gasteiger charge is 2.30. The smallest absolute Gasteiger partial charge is 0.336 e. The average Bonchev–Trinajstić information content (AvgIpc) is 2.15. The second kappa shape index (κ2) is 6.76. The summed E-state index contributed by atoms with van der Waals surface area (Å²) in [5.74, 6) is -1.22. The molecule has 2 atom stereocenters. The molecule has 5 nitrogen and oxygen atoms in total. The Labute approximate surface area is 90.4 Å². The number of ether oxygens (including phenoxy) is 1. The molecule has 0 rings (SSSR count). The molecule has 2 unspecified atom stereocenters. The number of aliphatic hydroxyl groups is 1. The Bertz CT molecular complexity index is 188. The number of aliphatic carboxylic acids is 1. The molecular formula is C10H21NO4. The Kier molecular flexibility index (Phi) is 6.47. The van der Waals surface area contributed by atoms with Crippen LogP contribution in [0, 0.1) is 0 Å². The van der Waals surface area contributed by atoms with Gasteiger partial charge in [0.2, 0.25) is 0 Å². The molecule has 0 saturated heterocycles. The monoisotopic (exact) mass is 219 g/mol. The van der Waals surface area contributed by atoms with Crippen LogP contribution in [0.15, 0.2) is 0 Å². The number of hydrogen-bond acceptors (Lipinski definition) is 4. The van der Waals surface area contributed by atoms with Gasteiger partial charge in [0.1, 0.15) is 0 Å². The van der Waals surface area contributed by atoms with E-state index >= 15 is 0 Å². The van der Waals surface area contributed by atoms with E-state index in [1.165, 1.54) is 6.92 Å². The molecule has 0 bridgehead atoms. The van der Waals surface area contributed by atoms with Crippen molar-refractivity contribution < 1.29 is 19.7 Å². The molecule has 0 aliphatic rings. The standard InChI is InChI=1S/C10H21NO4/c1-4-5-8(6-15-3)11-7-10(2,14)9(12)13/h8,11,14H,4-7H2,1-3H3,(H,12,13). The van der Waals surface area contributed by atoms with Gasteiger partial charge in [-0.1, -0.05) is 13.3 Å². The van der Waals surface area contributed by atoms with Gasteiger partial charge in [0, 0.05) is 19.7 Å². The van der Waals surface area contributed by atoms with Crippen molar-refractivity contribution in [1.82, 2.24) is 5.32 Å². The largest absolute Gasteiger partial charge is 0.479 e. The van der Waals surface area contributed by atoms with Crippen LogP contribution in [-0.2, 0) is 9.53 Å². The highest BCUT2D eigenvalue weighted by molar-refractivity contribution is 5.76. The third-order valence-corrected chi connectivity index (χ3v) is 2.20. The second-order valence-electron chi connectivity index (χ2n) is 3.90. The topological polar surface area (TPSA) is 78.8 Å². The molecule has 0 aromatic rings. The van der Waals surface area contributed by atoms with Crippen molar-refractivity contribution in [2.24, 2.45) is 0 Å². The third kappa shape index (κ3) is 5.71. The van der Waals surface area contributed by atoms with Crippen LogP contribution in [0.3, 0.4) is 0 Å². The molecule has 0 aromatic carbocycles. The molecule has 5 heteroatoms. The molecule has 15 heavy (non-hydrogen) atoms. The first-order valence-corrected chi connectivity index (χ1v) is 5.12. The number of carbonyl (C=O) groups is 1. The fraction of sp³-hybridized carbons (Fsp3) is 0.900. The summed E-state index contributed by atoms with van der Waals surface area (Å²) in [6, 6.07) is 0.0887. The van der Waals surface area contributed by atoms with E-state index in [9.17, 15) is 9.90 Å². The number of rotatable bonds is 8. The molecule has 3 N–H and O–H groups in total. The molecule has 0 spiro atoms. The Balaban J connectivity index is 4.02. The van der Waals surface area contributed by atoms with E-state index in [-0.39, 0.29) is 12.6 Å². The van der Waals surface area contributed by atoms with Gasteiger partial charge >= 0.3 is 5.97 Å². The molecule has 90 valence electrons. The number of methoxy groups -OCH3 is 1. The highest BCUT2D eigenvalue weighted by atomic mass is 16.5. The number of nitrogens with one attached hydrogen (secondary N) is 1. The summed E-state index contributed by atoms with van der Waals surface area (Å²) in [6.07, 6.45) is 1.87. The second-order valence-corrected chi connectivity index (χ2v) is 3.90. The van der Waals surface area contributed by atoms with Crippen LogP contribution < -0.4 is 5.32 Å². The Morgan fingerprint density at radius 3 is 2.60 bits per heavy atom. The van der Waals surface area contributed by atoms with E-state index in [1.54, 1.807) is 7.11 Å². The summed E-state index contributed by atoms with van der Waals surface area (Å²) in [5, 5.41) is 21.2. The van der Waals surface area contributed by atoms with Crippen molar-refractivity contribution in [2.45, 2.75) is 38.3 Å². The quantitative estimate of drug-likeness (QED) is 0.544. The van der Waals surface area contributed by atoms with Gasteiger partial charge in [-0.25, -0.2) is 4.79 Å². The van der Waals surface area contributed by atoms with Crippen LogP contribution in [0.5, 0.6) is 0 Å². The molecule has 0 saturated carbocycles. The fourth-order valence-electron chi connectivity index (χ4n) is 1.21. The van der Waals surface area contributed by atoms with E-state index in [2.05, 4.69) is 5.32 Å². The number of hydrogen-bond donors (Lipinski definition) is 3. The SMILES string of the molecule is CCCC(COC)NCC(C)(O)C(=O)O. The summed E-state index contributed by atoms with van der Waals surface area (Å²) in [5.41, 5.74) is -1.72. The molecule has 0 fully saturated rings. The van der Waals surface area contributed by atoms with Crippen molar-refractivity contribution in [1.29, 1.82) is 0 Å². The summed E-state index contributed by atoms with van der Waals surface area (Å²) < 4.78 is 4.99. The highest BCUT2D eigenvalue weighted by Crippen LogP contribution is 2.04. The van der Waals surface area contributed by atoms with Crippen LogP contribution >= 0.6 is 0 Å². The van der Waals surface area contributed by atoms with E-state index in [0.717, 1.165) is 12.8 Å². The zero-order chi connectivity index (χ0) is 11.9. The van der Waals surface area contributed by atoms with Crippen molar-refractivity contribution in [2.75, 3.05) is 20.3 Å². The Morgan fingerprint density at radius 1 is 1.60 bits per heavy atom.